The van der Waals surface area contributed by atoms with Crippen LogP contribution >= 0.6 is 0 Å². The van der Waals surface area contributed by atoms with Gasteiger partial charge in [0.25, 0.3) is 0 Å². The summed E-state index contributed by atoms with van der Waals surface area (Å²) >= 11 is 0. The van der Waals surface area contributed by atoms with Crippen LogP contribution in [0.4, 0.5) is 5.69 Å². The largest absolute Gasteiger partial charge is 0.399 e. The summed E-state index contributed by atoms with van der Waals surface area (Å²) < 4.78 is 1.95. The molecule has 0 bridgehead atoms. The van der Waals surface area contributed by atoms with Gasteiger partial charge in [0, 0.05) is 23.0 Å². The molecule has 24 heavy (non-hydrogen) atoms. The standard InChI is InChI=1S/C21H16N2O/c22-17-11-9-15(10-12-17)18-14-20(23-13-5-4-8-19(18)23)21(24)16-6-2-1-3-7-16/h1-14H,22H2. The van der Waals surface area contributed by atoms with Crippen LogP contribution in [0.2, 0.25) is 0 Å². The molecule has 0 radical (unpaired) electrons. The third kappa shape index (κ3) is 2.36. The lowest BCUT2D eigenvalue weighted by Crippen LogP contribution is -2.04. The molecule has 2 heterocycles. The number of nitrogen functional groups attached to an aromatic ring is 1. The van der Waals surface area contributed by atoms with E-state index in [9.17, 15) is 4.79 Å². The quantitative estimate of drug-likeness (QED) is 0.449. The smallest absolute Gasteiger partial charge is 0.209 e. The minimum Gasteiger partial charge on any atom is -0.399 e. The van der Waals surface area contributed by atoms with Crippen LogP contribution in [0.1, 0.15) is 16.1 Å². The maximum atomic E-state index is 12.9. The summed E-state index contributed by atoms with van der Waals surface area (Å²) in [7, 11) is 0. The maximum absolute atomic E-state index is 12.9. The first-order chi connectivity index (χ1) is 11.7. The van der Waals surface area contributed by atoms with Crippen molar-refractivity contribution < 1.29 is 4.79 Å². The van der Waals surface area contributed by atoms with Crippen molar-refractivity contribution >= 4 is 17.0 Å². The van der Waals surface area contributed by atoms with Crippen LogP contribution in [0.5, 0.6) is 0 Å². The molecule has 0 saturated heterocycles. The average molecular weight is 312 g/mol. The number of pyridine rings is 1. The molecule has 0 aliphatic rings. The average Bonchev–Trinajstić information content (AvgIpc) is 3.02. The fourth-order valence-corrected chi connectivity index (χ4v) is 2.96. The van der Waals surface area contributed by atoms with Gasteiger partial charge in [-0.05, 0) is 35.9 Å². The summed E-state index contributed by atoms with van der Waals surface area (Å²) in [6, 6.07) is 24.9. The third-order valence-corrected chi connectivity index (χ3v) is 4.17. The van der Waals surface area contributed by atoms with Crippen molar-refractivity contribution in [1.82, 2.24) is 4.40 Å². The Balaban J connectivity index is 1.92. The Hall–Kier alpha value is -3.33. The first kappa shape index (κ1) is 14.3. The van der Waals surface area contributed by atoms with E-state index in [2.05, 4.69) is 0 Å². The number of rotatable bonds is 3. The van der Waals surface area contributed by atoms with E-state index in [1.54, 1.807) is 0 Å². The van der Waals surface area contributed by atoms with Crippen LogP contribution in [0.15, 0.2) is 85.1 Å². The number of anilines is 1. The summed E-state index contributed by atoms with van der Waals surface area (Å²) in [6.07, 6.45) is 1.92. The molecule has 2 N–H and O–H groups in total. The van der Waals surface area contributed by atoms with Gasteiger partial charge in [-0.1, -0.05) is 48.5 Å². The lowest BCUT2D eigenvalue weighted by atomic mass is 10.0. The molecule has 0 aliphatic heterocycles. The number of benzene rings is 2. The van der Waals surface area contributed by atoms with E-state index in [0.29, 0.717) is 11.3 Å². The number of hydrogen-bond donors (Lipinski definition) is 1. The molecular formula is C21H16N2O. The Morgan fingerprint density at radius 1 is 0.833 bits per heavy atom. The minimum absolute atomic E-state index is 0.0125. The number of fused-ring (bicyclic) bond motifs is 1. The highest BCUT2D eigenvalue weighted by Crippen LogP contribution is 2.29. The van der Waals surface area contributed by atoms with Crippen LogP contribution < -0.4 is 5.73 Å². The number of ketones is 1. The first-order valence-corrected chi connectivity index (χ1v) is 7.80. The SMILES string of the molecule is Nc1ccc(-c2cc(C(=O)c3ccccc3)n3ccccc23)cc1. The fourth-order valence-electron chi connectivity index (χ4n) is 2.96. The molecule has 2 aromatic carbocycles. The lowest BCUT2D eigenvalue weighted by Gasteiger charge is -2.02. The second kappa shape index (κ2) is 5.70. The summed E-state index contributed by atoms with van der Waals surface area (Å²) in [4.78, 5) is 12.9. The zero-order valence-electron chi connectivity index (χ0n) is 13.0. The molecule has 0 spiro atoms. The normalized spacial score (nSPS) is 10.8. The molecule has 0 atom stereocenters. The van der Waals surface area contributed by atoms with E-state index in [1.807, 2.05) is 89.5 Å². The summed E-state index contributed by atoms with van der Waals surface area (Å²) in [6.45, 7) is 0. The van der Waals surface area contributed by atoms with E-state index in [0.717, 1.165) is 22.3 Å². The zero-order chi connectivity index (χ0) is 16.5. The number of aromatic nitrogens is 1. The zero-order valence-corrected chi connectivity index (χ0v) is 13.0. The topological polar surface area (TPSA) is 47.5 Å². The molecule has 4 aromatic rings. The number of carbonyl (C=O) groups is 1. The van der Waals surface area contributed by atoms with Crippen molar-refractivity contribution in [2.24, 2.45) is 0 Å². The van der Waals surface area contributed by atoms with E-state index in [4.69, 9.17) is 5.73 Å². The predicted octanol–water partition coefficient (Wildman–Crippen LogP) is 4.42. The summed E-state index contributed by atoms with van der Waals surface area (Å²) in [5.74, 6) is 0.0125. The van der Waals surface area contributed by atoms with E-state index in [-0.39, 0.29) is 5.78 Å². The van der Waals surface area contributed by atoms with Crippen LogP contribution in [0, 0.1) is 0 Å². The van der Waals surface area contributed by atoms with Gasteiger partial charge >= 0.3 is 0 Å². The highest BCUT2D eigenvalue weighted by molar-refractivity contribution is 6.10. The molecule has 0 amide bonds. The fraction of sp³-hybridized carbons (Fsp3) is 0. The third-order valence-electron chi connectivity index (χ3n) is 4.17. The second-order valence-corrected chi connectivity index (χ2v) is 5.72. The van der Waals surface area contributed by atoms with Crippen LogP contribution in [0.25, 0.3) is 16.6 Å². The second-order valence-electron chi connectivity index (χ2n) is 5.72. The number of carbonyl (C=O) groups excluding carboxylic acids is 1. The van der Waals surface area contributed by atoms with Gasteiger partial charge in [-0.3, -0.25) is 4.79 Å². The summed E-state index contributed by atoms with van der Waals surface area (Å²) in [5.41, 5.74) is 10.9. The monoisotopic (exact) mass is 312 g/mol. The van der Waals surface area contributed by atoms with Crippen LogP contribution in [-0.4, -0.2) is 10.2 Å². The van der Waals surface area contributed by atoms with E-state index in [1.165, 1.54) is 0 Å². The first-order valence-electron chi connectivity index (χ1n) is 7.80. The lowest BCUT2D eigenvalue weighted by molar-refractivity contribution is 0.103. The summed E-state index contributed by atoms with van der Waals surface area (Å²) in [5, 5.41) is 0. The molecular weight excluding hydrogens is 296 g/mol. The van der Waals surface area contributed by atoms with Crippen LogP contribution in [0.3, 0.4) is 0 Å². The molecule has 0 saturated carbocycles. The Labute approximate surface area is 140 Å². The molecule has 0 aliphatic carbocycles. The number of nitrogens with two attached hydrogens (primary N) is 1. The van der Waals surface area contributed by atoms with Gasteiger partial charge in [0.2, 0.25) is 5.78 Å². The van der Waals surface area contributed by atoms with Crippen LogP contribution in [-0.2, 0) is 0 Å². The van der Waals surface area contributed by atoms with E-state index < -0.39 is 0 Å². The maximum Gasteiger partial charge on any atom is 0.209 e. The Bertz CT molecular complexity index is 1010. The Morgan fingerprint density at radius 3 is 2.29 bits per heavy atom. The highest BCUT2D eigenvalue weighted by Gasteiger charge is 2.17. The van der Waals surface area contributed by atoms with Gasteiger partial charge < -0.3 is 10.1 Å². The van der Waals surface area contributed by atoms with Gasteiger partial charge in [0.05, 0.1) is 11.2 Å². The van der Waals surface area contributed by atoms with Gasteiger partial charge in [-0.25, -0.2) is 0 Å². The highest BCUT2D eigenvalue weighted by atomic mass is 16.1. The number of hydrogen-bond acceptors (Lipinski definition) is 2. The number of nitrogens with zero attached hydrogens (tertiary/aromatic N) is 1. The molecule has 3 nitrogen and oxygen atoms in total. The van der Waals surface area contributed by atoms with Gasteiger partial charge in [0.1, 0.15) is 0 Å². The minimum atomic E-state index is 0.0125. The molecule has 0 fully saturated rings. The Kier molecular flexibility index (Phi) is 3.39. The van der Waals surface area contributed by atoms with Gasteiger partial charge in [-0.2, -0.15) is 0 Å². The van der Waals surface area contributed by atoms with Crippen molar-refractivity contribution in [2.75, 3.05) is 5.73 Å². The molecule has 4 rings (SSSR count). The van der Waals surface area contributed by atoms with Gasteiger partial charge in [0.15, 0.2) is 0 Å². The molecule has 116 valence electrons. The van der Waals surface area contributed by atoms with Crippen molar-refractivity contribution in [3.8, 4) is 11.1 Å². The van der Waals surface area contributed by atoms with E-state index >= 15 is 0 Å². The molecule has 2 aromatic heterocycles. The van der Waals surface area contributed by atoms with Crippen molar-refractivity contribution in [2.45, 2.75) is 0 Å². The van der Waals surface area contributed by atoms with Gasteiger partial charge in [-0.15, -0.1) is 0 Å². The molecule has 3 heteroatoms. The van der Waals surface area contributed by atoms with Crippen molar-refractivity contribution in [3.63, 3.8) is 0 Å². The van der Waals surface area contributed by atoms with Crippen molar-refractivity contribution in [1.29, 1.82) is 0 Å². The predicted molar refractivity (Wildman–Crippen MR) is 97.1 cm³/mol. The Morgan fingerprint density at radius 2 is 1.54 bits per heavy atom. The molecule has 0 unspecified atom stereocenters. The van der Waals surface area contributed by atoms with Crippen molar-refractivity contribution in [3.05, 3.63) is 96.3 Å².